The van der Waals surface area contributed by atoms with E-state index in [9.17, 15) is 0 Å². The average molecular weight is 78.2 g/mol. The van der Waals surface area contributed by atoms with Crippen molar-refractivity contribution in [2.75, 3.05) is 12.5 Å². The molecule has 0 amide bonds. The highest BCUT2D eigenvalue weighted by Crippen LogP contribution is 1.70. The molecule has 0 fully saturated rings. The summed E-state index contributed by atoms with van der Waals surface area (Å²) < 4.78 is 0. The summed E-state index contributed by atoms with van der Waals surface area (Å²) in [5.74, 6) is 0. The van der Waals surface area contributed by atoms with E-state index in [2.05, 4.69) is 0 Å². The third-order valence-corrected chi connectivity index (χ3v) is 0. The second kappa shape index (κ2) is 10.2. The zero-order valence-electron chi connectivity index (χ0n) is 2.41. The van der Waals surface area contributed by atoms with Crippen LogP contribution in [0.15, 0.2) is 0 Å². The highest BCUT2D eigenvalue weighted by Gasteiger charge is 1.32. The lowest BCUT2D eigenvalue weighted by Gasteiger charge is -1.51. The van der Waals surface area contributed by atoms with E-state index >= 15 is 0 Å². The minimum absolute atomic E-state index is 0. The zero-order valence-corrected chi connectivity index (χ0v) is 3.22. The summed E-state index contributed by atoms with van der Waals surface area (Å²) in [4.78, 5) is 0. The molecule has 0 radical (unpaired) electrons. The molecule has 0 rings (SSSR count). The van der Waals surface area contributed by atoms with Crippen LogP contribution in [0.5, 0.6) is 0 Å². The van der Waals surface area contributed by atoms with Crippen molar-refractivity contribution >= 4 is 11.8 Å². The van der Waals surface area contributed by atoms with Crippen molar-refractivity contribution in [2.45, 2.75) is 7.43 Å². The molecule has 0 saturated heterocycles. The zero-order chi connectivity index (χ0) is 2.71. The van der Waals surface area contributed by atoms with Gasteiger partial charge in [-0.3, -0.25) is 0 Å². The van der Waals surface area contributed by atoms with E-state index < -0.39 is 0 Å². The lowest BCUT2D eigenvalue weighted by molar-refractivity contribution is 2.37. The molecule has 0 aliphatic carbocycles. The van der Waals surface area contributed by atoms with E-state index in [-0.39, 0.29) is 7.43 Å². The Hall–Kier alpha value is 0.350. The van der Waals surface area contributed by atoms with E-state index in [1.165, 1.54) is 0 Å². The molecule has 0 N–H and O–H groups in total. The Bertz CT molecular complexity index is 3.25. The minimum atomic E-state index is 0. The average Bonchev–Trinajstić information content (AvgIpc) is 0.918. The van der Waals surface area contributed by atoms with E-state index in [0.29, 0.717) is 0 Å². The van der Waals surface area contributed by atoms with Gasteiger partial charge in [0.15, 0.2) is 0 Å². The maximum atomic E-state index is 2.04. The second-order valence-electron chi connectivity index (χ2n) is 0.408. The molecular formula is C3H10S. The normalized spacial score (nSPS) is 4.50. The Morgan fingerprint density at radius 3 is 1.25 bits per heavy atom. The van der Waals surface area contributed by atoms with Crippen LogP contribution in [0, 0.1) is 0 Å². The first kappa shape index (κ1) is 8.84. The standard InChI is InChI=1S/C2H6S.CH4/c1-3-2;/h1-2H3;1H4. The van der Waals surface area contributed by atoms with Gasteiger partial charge in [-0.15, -0.1) is 0 Å². The van der Waals surface area contributed by atoms with Gasteiger partial charge in [0.05, 0.1) is 0 Å². The third-order valence-electron chi connectivity index (χ3n) is 0. The molecule has 0 aromatic carbocycles. The van der Waals surface area contributed by atoms with Gasteiger partial charge in [-0.1, -0.05) is 7.43 Å². The first-order valence-corrected chi connectivity index (χ1v) is 2.45. The number of rotatable bonds is 0. The molecule has 0 heterocycles. The molecule has 0 aliphatic rings. The molecule has 4 heavy (non-hydrogen) atoms. The molecule has 0 aromatic rings. The molecule has 0 spiro atoms. The van der Waals surface area contributed by atoms with Gasteiger partial charge >= 0.3 is 0 Å². The van der Waals surface area contributed by atoms with Crippen LogP contribution < -0.4 is 0 Å². The van der Waals surface area contributed by atoms with Crippen molar-refractivity contribution in [2.24, 2.45) is 0 Å². The van der Waals surface area contributed by atoms with Gasteiger partial charge in [0.25, 0.3) is 0 Å². The van der Waals surface area contributed by atoms with Crippen molar-refractivity contribution in [3.05, 3.63) is 0 Å². The van der Waals surface area contributed by atoms with Crippen LogP contribution in [0.2, 0.25) is 0 Å². The number of thioether (sulfide) groups is 1. The Labute approximate surface area is 32.6 Å². The van der Waals surface area contributed by atoms with Gasteiger partial charge < -0.3 is 0 Å². The van der Waals surface area contributed by atoms with E-state index in [1.807, 2.05) is 12.5 Å². The summed E-state index contributed by atoms with van der Waals surface area (Å²) in [6.07, 6.45) is 4.08. The molecule has 0 aromatic heterocycles. The lowest BCUT2D eigenvalue weighted by Crippen LogP contribution is -1.25. The molecule has 0 atom stereocenters. The number of hydrogen-bond acceptors (Lipinski definition) is 1. The van der Waals surface area contributed by atoms with E-state index in [4.69, 9.17) is 0 Å². The monoisotopic (exact) mass is 78.1 g/mol. The molecular weight excluding hydrogens is 68.1 g/mol. The summed E-state index contributed by atoms with van der Waals surface area (Å²) in [6.45, 7) is 0. The predicted molar refractivity (Wildman–Crippen MR) is 26.2 cm³/mol. The summed E-state index contributed by atoms with van der Waals surface area (Å²) in [5.41, 5.74) is 0. The molecule has 0 unspecified atom stereocenters. The Morgan fingerprint density at radius 2 is 1.25 bits per heavy atom. The Kier molecular flexibility index (Phi) is 22.4. The van der Waals surface area contributed by atoms with Crippen LogP contribution in [-0.2, 0) is 0 Å². The highest BCUT2D eigenvalue weighted by molar-refractivity contribution is 7.97. The second-order valence-corrected chi connectivity index (χ2v) is 1.22. The molecule has 1 heteroatoms. The van der Waals surface area contributed by atoms with Crippen molar-refractivity contribution in [3.8, 4) is 0 Å². The lowest BCUT2D eigenvalue weighted by atomic mass is 11.9. The van der Waals surface area contributed by atoms with E-state index in [0.717, 1.165) is 0 Å². The van der Waals surface area contributed by atoms with Gasteiger partial charge in [-0.25, -0.2) is 0 Å². The molecule has 0 saturated carbocycles. The molecule has 28 valence electrons. The summed E-state index contributed by atoms with van der Waals surface area (Å²) in [7, 11) is 0. The fraction of sp³-hybridized carbons (Fsp3) is 1.00. The van der Waals surface area contributed by atoms with Gasteiger partial charge in [0.1, 0.15) is 0 Å². The van der Waals surface area contributed by atoms with Crippen LogP contribution in [0.1, 0.15) is 7.43 Å². The van der Waals surface area contributed by atoms with Gasteiger partial charge in [0.2, 0.25) is 0 Å². The van der Waals surface area contributed by atoms with Crippen molar-refractivity contribution in [1.29, 1.82) is 0 Å². The Balaban J connectivity index is 0. The van der Waals surface area contributed by atoms with Crippen molar-refractivity contribution in [1.82, 2.24) is 0 Å². The largest absolute Gasteiger partial charge is 0.169 e. The number of hydrogen-bond donors (Lipinski definition) is 0. The van der Waals surface area contributed by atoms with Gasteiger partial charge in [-0.05, 0) is 12.5 Å². The first-order valence-electron chi connectivity index (χ1n) is 0.816. The summed E-state index contributed by atoms with van der Waals surface area (Å²) in [5, 5.41) is 0. The fourth-order valence-corrected chi connectivity index (χ4v) is 0. The smallest absolute Gasteiger partial charge is 0.0187 e. The maximum absolute atomic E-state index is 2.04. The molecule has 0 aliphatic heterocycles. The third kappa shape index (κ3) is 35.0. The van der Waals surface area contributed by atoms with Crippen LogP contribution in [0.25, 0.3) is 0 Å². The summed E-state index contributed by atoms with van der Waals surface area (Å²) >= 11 is 1.75. The minimum Gasteiger partial charge on any atom is -0.169 e. The van der Waals surface area contributed by atoms with Crippen molar-refractivity contribution < 1.29 is 0 Å². The van der Waals surface area contributed by atoms with E-state index in [1.54, 1.807) is 11.8 Å². The summed E-state index contributed by atoms with van der Waals surface area (Å²) in [6, 6.07) is 0. The fourth-order valence-electron chi connectivity index (χ4n) is 0. The topological polar surface area (TPSA) is 0 Å². The van der Waals surface area contributed by atoms with Crippen LogP contribution >= 0.6 is 11.8 Å². The molecule has 0 bridgehead atoms. The van der Waals surface area contributed by atoms with Crippen LogP contribution in [0.3, 0.4) is 0 Å². The molecule has 0 nitrogen and oxygen atoms in total. The highest BCUT2D eigenvalue weighted by atomic mass is 32.2. The van der Waals surface area contributed by atoms with Crippen LogP contribution in [-0.4, -0.2) is 12.5 Å². The maximum Gasteiger partial charge on any atom is -0.0187 e. The van der Waals surface area contributed by atoms with Gasteiger partial charge in [0, 0.05) is 0 Å². The SMILES string of the molecule is C.CSC. The van der Waals surface area contributed by atoms with Crippen LogP contribution in [0.4, 0.5) is 0 Å². The quantitative estimate of drug-likeness (QED) is 0.424. The Morgan fingerprint density at radius 1 is 1.25 bits per heavy atom. The van der Waals surface area contributed by atoms with Gasteiger partial charge in [-0.2, -0.15) is 11.8 Å². The van der Waals surface area contributed by atoms with Crippen molar-refractivity contribution in [3.63, 3.8) is 0 Å². The first-order chi connectivity index (χ1) is 1.41. The predicted octanol–water partition coefficient (Wildman–Crippen LogP) is 1.62.